The number of benzene rings is 1. The van der Waals surface area contributed by atoms with Gasteiger partial charge in [-0.25, -0.2) is 4.98 Å². The first-order valence-corrected chi connectivity index (χ1v) is 7.52. The lowest BCUT2D eigenvalue weighted by Crippen LogP contribution is -1.96. The molecule has 0 spiro atoms. The maximum Gasteiger partial charge on any atom is 0.155 e. The number of nitrogens with zero attached hydrogens (tertiary/aromatic N) is 3. The van der Waals surface area contributed by atoms with E-state index in [9.17, 15) is 5.11 Å². The number of aromatic amines is 1. The van der Waals surface area contributed by atoms with Crippen molar-refractivity contribution >= 4 is 16.7 Å². The summed E-state index contributed by atoms with van der Waals surface area (Å²) in [5, 5.41) is 17.5. The smallest absolute Gasteiger partial charge is 0.155 e. The summed E-state index contributed by atoms with van der Waals surface area (Å²) in [5.41, 5.74) is 10.8. The van der Waals surface area contributed by atoms with E-state index in [0.29, 0.717) is 11.5 Å². The Hall–Kier alpha value is -3.25. The predicted octanol–water partition coefficient (Wildman–Crippen LogP) is 2.76. The SMILES string of the molecule is Nc1n[nH]c2cc(-c3cccnc3)nc(-c3ccccc3CO)c12. The van der Waals surface area contributed by atoms with Crippen molar-refractivity contribution in [2.45, 2.75) is 6.61 Å². The van der Waals surface area contributed by atoms with Gasteiger partial charge in [0.25, 0.3) is 0 Å². The molecule has 0 aliphatic rings. The molecule has 0 fully saturated rings. The number of aliphatic hydroxyl groups excluding tert-OH is 1. The van der Waals surface area contributed by atoms with E-state index in [1.54, 1.807) is 12.4 Å². The monoisotopic (exact) mass is 317 g/mol. The van der Waals surface area contributed by atoms with Crippen LogP contribution in [0.25, 0.3) is 33.4 Å². The largest absolute Gasteiger partial charge is 0.392 e. The number of nitrogens with two attached hydrogens (primary N) is 1. The van der Waals surface area contributed by atoms with E-state index in [1.807, 2.05) is 42.5 Å². The van der Waals surface area contributed by atoms with Crippen LogP contribution in [0.5, 0.6) is 0 Å². The van der Waals surface area contributed by atoms with Gasteiger partial charge in [0.15, 0.2) is 5.82 Å². The van der Waals surface area contributed by atoms with E-state index in [1.165, 1.54) is 0 Å². The van der Waals surface area contributed by atoms with Crippen molar-refractivity contribution in [2.75, 3.05) is 5.73 Å². The van der Waals surface area contributed by atoms with Gasteiger partial charge >= 0.3 is 0 Å². The van der Waals surface area contributed by atoms with Crippen molar-refractivity contribution in [3.8, 4) is 22.5 Å². The second kappa shape index (κ2) is 5.75. The molecule has 0 unspecified atom stereocenters. The van der Waals surface area contributed by atoms with Crippen molar-refractivity contribution < 1.29 is 5.11 Å². The van der Waals surface area contributed by atoms with Crippen LogP contribution in [0.15, 0.2) is 54.9 Å². The number of nitrogens with one attached hydrogen (secondary N) is 1. The molecule has 6 nitrogen and oxygen atoms in total. The lowest BCUT2D eigenvalue weighted by atomic mass is 10.0. The van der Waals surface area contributed by atoms with E-state index >= 15 is 0 Å². The molecule has 4 N–H and O–H groups in total. The number of hydrogen-bond acceptors (Lipinski definition) is 5. The third-order valence-electron chi connectivity index (χ3n) is 3.97. The van der Waals surface area contributed by atoms with Crippen LogP contribution in [0.1, 0.15) is 5.56 Å². The summed E-state index contributed by atoms with van der Waals surface area (Å²) in [6.07, 6.45) is 3.48. The number of hydrogen-bond donors (Lipinski definition) is 3. The Morgan fingerprint density at radius 2 is 2.00 bits per heavy atom. The number of anilines is 1. The van der Waals surface area contributed by atoms with Crippen molar-refractivity contribution in [3.63, 3.8) is 0 Å². The van der Waals surface area contributed by atoms with Gasteiger partial charge in [0.1, 0.15) is 0 Å². The number of fused-ring (bicyclic) bond motifs is 1. The minimum absolute atomic E-state index is 0.0752. The molecule has 0 amide bonds. The second-order valence-electron chi connectivity index (χ2n) is 5.44. The maximum absolute atomic E-state index is 9.67. The van der Waals surface area contributed by atoms with Gasteiger partial charge in [-0.3, -0.25) is 10.1 Å². The predicted molar refractivity (Wildman–Crippen MR) is 92.9 cm³/mol. The van der Waals surface area contributed by atoms with Crippen LogP contribution in [0, 0.1) is 0 Å². The van der Waals surface area contributed by atoms with Gasteiger partial charge in [-0.2, -0.15) is 5.10 Å². The van der Waals surface area contributed by atoms with E-state index in [-0.39, 0.29) is 6.61 Å². The van der Waals surface area contributed by atoms with Crippen LogP contribution in [0.3, 0.4) is 0 Å². The Bertz CT molecular complexity index is 1010. The van der Waals surface area contributed by atoms with Crippen LogP contribution in [0.2, 0.25) is 0 Å². The van der Waals surface area contributed by atoms with E-state index in [4.69, 9.17) is 10.7 Å². The Balaban J connectivity index is 2.04. The van der Waals surface area contributed by atoms with E-state index in [0.717, 1.165) is 33.3 Å². The summed E-state index contributed by atoms with van der Waals surface area (Å²) in [5.74, 6) is 0.387. The molecule has 0 saturated heterocycles. The average molecular weight is 317 g/mol. The molecule has 118 valence electrons. The number of rotatable bonds is 3. The van der Waals surface area contributed by atoms with Crippen molar-refractivity contribution in [1.82, 2.24) is 20.2 Å². The number of H-pyrrole nitrogens is 1. The standard InChI is InChI=1S/C18H15N5O/c19-18-16-15(22-23-18)8-14(11-5-3-7-20-9-11)21-17(16)13-6-2-1-4-12(13)10-24/h1-9,24H,10H2,(H3,19,22,23). The molecule has 6 heteroatoms. The molecule has 0 radical (unpaired) electrons. The van der Waals surface area contributed by atoms with E-state index < -0.39 is 0 Å². The highest BCUT2D eigenvalue weighted by Gasteiger charge is 2.16. The van der Waals surface area contributed by atoms with Crippen molar-refractivity contribution in [2.24, 2.45) is 0 Å². The summed E-state index contributed by atoms with van der Waals surface area (Å²) < 4.78 is 0. The lowest BCUT2D eigenvalue weighted by molar-refractivity contribution is 0.282. The molecule has 0 atom stereocenters. The lowest BCUT2D eigenvalue weighted by Gasteiger charge is -2.10. The Kier molecular flexibility index (Phi) is 3.44. The molecule has 0 aliphatic heterocycles. The molecular formula is C18H15N5O. The highest BCUT2D eigenvalue weighted by molar-refractivity contribution is 6.01. The third kappa shape index (κ3) is 2.29. The zero-order valence-electron chi connectivity index (χ0n) is 12.8. The van der Waals surface area contributed by atoms with Crippen LogP contribution >= 0.6 is 0 Å². The quantitative estimate of drug-likeness (QED) is 0.539. The minimum Gasteiger partial charge on any atom is -0.392 e. The Labute approximate surface area is 138 Å². The first-order chi connectivity index (χ1) is 11.8. The van der Waals surface area contributed by atoms with E-state index in [2.05, 4.69) is 15.2 Å². The van der Waals surface area contributed by atoms with Crippen LogP contribution < -0.4 is 5.73 Å². The summed E-state index contributed by atoms with van der Waals surface area (Å²) in [4.78, 5) is 8.94. The summed E-state index contributed by atoms with van der Waals surface area (Å²) in [7, 11) is 0. The molecule has 1 aromatic carbocycles. The van der Waals surface area contributed by atoms with Crippen LogP contribution in [-0.2, 0) is 6.61 Å². The van der Waals surface area contributed by atoms with Gasteiger partial charge < -0.3 is 10.8 Å². The Morgan fingerprint density at radius 1 is 1.12 bits per heavy atom. The van der Waals surface area contributed by atoms with Crippen molar-refractivity contribution in [1.29, 1.82) is 0 Å². The normalized spacial score (nSPS) is 11.0. The molecular weight excluding hydrogens is 302 g/mol. The van der Waals surface area contributed by atoms with Gasteiger partial charge in [0.2, 0.25) is 0 Å². The highest BCUT2D eigenvalue weighted by Crippen LogP contribution is 2.34. The second-order valence-corrected chi connectivity index (χ2v) is 5.44. The fourth-order valence-corrected chi connectivity index (χ4v) is 2.82. The highest BCUT2D eigenvalue weighted by atomic mass is 16.3. The zero-order chi connectivity index (χ0) is 16.5. The molecule has 3 heterocycles. The molecule has 4 aromatic rings. The van der Waals surface area contributed by atoms with Crippen LogP contribution in [-0.4, -0.2) is 25.3 Å². The third-order valence-corrected chi connectivity index (χ3v) is 3.97. The summed E-state index contributed by atoms with van der Waals surface area (Å²) in [6.45, 7) is -0.0752. The summed E-state index contributed by atoms with van der Waals surface area (Å²) >= 11 is 0. The average Bonchev–Trinajstić information content (AvgIpc) is 3.03. The van der Waals surface area contributed by atoms with Gasteiger partial charge in [-0.15, -0.1) is 0 Å². The number of nitrogen functional groups attached to an aromatic ring is 1. The number of aromatic nitrogens is 4. The first-order valence-electron chi connectivity index (χ1n) is 7.52. The van der Waals surface area contributed by atoms with Gasteiger partial charge in [0.05, 0.1) is 28.9 Å². The molecule has 0 saturated carbocycles. The topological polar surface area (TPSA) is 101 Å². The molecule has 24 heavy (non-hydrogen) atoms. The number of aliphatic hydroxyl groups is 1. The van der Waals surface area contributed by atoms with Crippen molar-refractivity contribution in [3.05, 3.63) is 60.4 Å². The summed E-state index contributed by atoms with van der Waals surface area (Å²) in [6, 6.07) is 13.3. The molecule has 3 aromatic heterocycles. The molecule has 0 aliphatic carbocycles. The fourth-order valence-electron chi connectivity index (χ4n) is 2.82. The maximum atomic E-state index is 9.67. The Morgan fingerprint density at radius 3 is 2.79 bits per heavy atom. The first kappa shape index (κ1) is 14.3. The fraction of sp³-hybridized carbons (Fsp3) is 0.0556. The molecule has 0 bridgehead atoms. The van der Waals surface area contributed by atoms with Crippen LogP contribution in [0.4, 0.5) is 5.82 Å². The zero-order valence-corrected chi connectivity index (χ0v) is 12.8. The van der Waals surface area contributed by atoms with Gasteiger partial charge in [-0.1, -0.05) is 24.3 Å². The molecule has 4 rings (SSSR count). The van der Waals surface area contributed by atoms with Gasteiger partial charge in [-0.05, 0) is 23.8 Å². The number of pyridine rings is 2. The minimum atomic E-state index is -0.0752. The van der Waals surface area contributed by atoms with Gasteiger partial charge in [0, 0.05) is 23.5 Å².